The monoisotopic (exact) mass is 231 g/mol. The van der Waals surface area contributed by atoms with Gasteiger partial charge in [0.1, 0.15) is 0 Å². The smallest absolute Gasteiger partial charge is 0.357 e. The summed E-state index contributed by atoms with van der Waals surface area (Å²) in [6.07, 6.45) is 1.95. The Morgan fingerprint density at radius 2 is 2.21 bits per heavy atom. The molecule has 0 saturated heterocycles. The quantitative estimate of drug-likeness (QED) is 0.592. The molecule has 1 heterocycles. The van der Waals surface area contributed by atoms with Crippen LogP contribution in [-0.2, 0) is 4.74 Å². The third-order valence-corrected chi connectivity index (χ3v) is 4.05. The van der Waals surface area contributed by atoms with Gasteiger partial charge in [-0.3, -0.25) is 0 Å². The topological polar surface area (TPSA) is 39.2 Å². The highest BCUT2D eigenvalue weighted by Crippen LogP contribution is 2.31. The van der Waals surface area contributed by atoms with E-state index in [-0.39, 0.29) is 5.97 Å². The summed E-state index contributed by atoms with van der Waals surface area (Å²) >= 11 is 3.11. The Hall–Kier alpha value is -0.550. The second-order valence-electron chi connectivity index (χ2n) is 3.04. The van der Waals surface area contributed by atoms with Crippen LogP contribution in [0.4, 0.5) is 0 Å². The molecule has 1 aromatic heterocycles. The van der Waals surface area contributed by atoms with Crippen LogP contribution in [0.1, 0.15) is 35.1 Å². The lowest BCUT2D eigenvalue weighted by atomic mass is 10.1. The summed E-state index contributed by atoms with van der Waals surface area (Å²) in [5.74, 6) is -0.0345. The van der Waals surface area contributed by atoms with E-state index < -0.39 is 0 Å². The molecule has 0 aromatic carbocycles. The van der Waals surface area contributed by atoms with Crippen LogP contribution in [0.15, 0.2) is 4.34 Å². The molecule has 78 valence electrons. The molecule has 0 aliphatic heterocycles. The van der Waals surface area contributed by atoms with Gasteiger partial charge in [0.15, 0.2) is 10.0 Å². The lowest BCUT2D eigenvalue weighted by Crippen LogP contribution is -2.05. The van der Waals surface area contributed by atoms with E-state index >= 15 is 0 Å². The molecule has 0 aliphatic rings. The van der Waals surface area contributed by atoms with Crippen molar-refractivity contribution in [3.63, 3.8) is 0 Å². The average molecular weight is 231 g/mol. The third kappa shape index (κ3) is 2.27. The molecule has 0 amide bonds. The number of hydrogen-bond acceptors (Lipinski definition) is 5. The highest BCUT2D eigenvalue weighted by molar-refractivity contribution is 8.00. The Kier molecular flexibility index (Phi) is 3.95. The maximum Gasteiger partial charge on any atom is 0.357 e. The van der Waals surface area contributed by atoms with Gasteiger partial charge in [0.05, 0.1) is 7.11 Å². The molecule has 1 aromatic rings. The minimum Gasteiger partial charge on any atom is -0.464 e. The Morgan fingerprint density at radius 1 is 1.57 bits per heavy atom. The number of thioether (sulfide) groups is 1. The second-order valence-corrected chi connectivity index (χ2v) is 5.13. The van der Waals surface area contributed by atoms with Crippen LogP contribution < -0.4 is 0 Å². The SMILES string of the molecule is COC(=O)c1nc(SC)sc1C(C)C. The van der Waals surface area contributed by atoms with Crippen molar-refractivity contribution in [3.05, 3.63) is 10.6 Å². The van der Waals surface area contributed by atoms with Gasteiger partial charge in [0, 0.05) is 4.88 Å². The number of ether oxygens (including phenoxy) is 1. The zero-order chi connectivity index (χ0) is 10.7. The summed E-state index contributed by atoms with van der Waals surface area (Å²) < 4.78 is 5.59. The fraction of sp³-hybridized carbons (Fsp3) is 0.556. The van der Waals surface area contributed by atoms with Gasteiger partial charge in [0.2, 0.25) is 0 Å². The van der Waals surface area contributed by atoms with E-state index in [0.717, 1.165) is 9.22 Å². The number of esters is 1. The predicted octanol–water partition coefficient (Wildman–Crippen LogP) is 2.78. The fourth-order valence-corrected chi connectivity index (χ4v) is 2.60. The summed E-state index contributed by atoms with van der Waals surface area (Å²) in [7, 11) is 1.38. The van der Waals surface area contributed by atoms with E-state index in [2.05, 4.69) is 9.72 Å². The molecule has 0 atom stereocenters. The number of hydrogen-bond donors (Lipinski definition) is 0. The van der Waals surface area contributed by atoms with Crippen LogP contribution in [0.5, 0.6) is 0 Å². The summed E-state index contributed by atoms with van der Waals surface area (Å²) in [6, 6.07) is 0. The fourth-order valence-electron chi connectivity index (χ4n) is 1.03. The number of methoxy groups -OCH3 is 1. The van der Waals surface area contributed by atoms with Crippen LogP contribution >= 0.6 is 23.1 Å². The first kappa shape index (κ1) is 11.5. The van der Waals surface area contributed by atoms with Gasteiger partial charge < -0.3 is 4.74 Å². The Morgan fingerprint density at radius 3 is 2.64 bits per heavy atom. The van der Waals surface area contributed by atoms with Crippen molar-refractivity contribution in [1.82, 2.24) is 4.98 Å². The van der Waals surface area contributed by atoms with E-state index in [1.807, 2.05) is 20.1 Å². The van der Waals surface area contributed by atoms with Gasteiger partial charge in [-0.1, -0.05) is 25.6 Å². The molecule has 5 heteroatoms. The van der Waals surface area contributed by atoms with E-state index in [0.29, 0.717) is 11.6 Å². The van der Waals surface area contributed by atoms with Gasteiger partial charge in [0.25, 0.3) is 0 Å². The van der Waals surface area contributed by atoms with Crippen LogP contribution in [0, 0.1) is 0 Å². The molecule has 0 aliphatic carbocycles. The molecule has 0 bridgehead atoms. The predicted molar refractivity (Wildman–Crippen MR) is 59.3 cm³/mol. The molecule has 0 spiro atoms. The molecule has 3 nitrogen and oxygen atoms in total. The zero-order valence-electron chi connectivity index (χ0n) is 8.66. The molecule has 1 rings (SSSR count). The van der Waals surface area contributed by atoms with Crippen molar-refractivity contribution in [2.75, 3.05) is 13.4 Å². The number of thiazole rings is 1. The first-order valence-electron chi connectivity index (χ1n) is 4.23. The Labute approximate surface area is 91.9 Å². The van der Waals surface area contributed by atoms with Gasteiger partial charge in [-0.25, -0.2) is 9.78 Å². The molecule has 0 fully saturated rings. The van der Waals surface area contributed by atoms with Gasteiger partial charge >= 0.3 is 5.97 Å². The normalized spacial score (nSPS) is 10.6. The minimum absolute atomic E-state index is 0.308. The van der Waals surface area contributed by atoms with Crippen molar-refractivity contribution >= 4 is 29.1 Å². The number of carbonyl (C=O) groups is 1. The van der Waals surface area contributed by atoms with E-state index in [9.17, 15) is 4.79 Å². The highest BCUT2D eigenvalue weighted by Gasteiger charge is 2.20. The summed E-state index contributed by atoms with van der Waals surface area (Å²) in [4.78, 5) is 16.6. The average Bonchev–Trinajstić information content (AvgIpc) is 2.60. The van der Waals surface area contributed by atoms with E-state index in [1.54, 1.807) is 23.1 Å². The number of carbonyl (C=O) groups excluding carboxylic acids is 1. The second kappa shape index (κ2) is 4.79. The maximum absolute atomic E-state index is 11.4. The van der Waals surface area contributed by atoms with Crippen LogP contribution in [0.2, 0.25) is 0 Å². The Bertz CT molecular complexity index is 334. The summed E-state index contributed by atoms with van der Waals surface area (Å²) in [5.41, 5.74) is 0.469. The van der Waals surface area contributed by atoms with E-state index in [4.69, 9.17) is 0 Å². The number of nitrogens with zero attached hydrogens (tertiary/aromatic N) is 1. The standard InChI is InChI=1S/C9H13NO2S2/c1-5(2)7-6(8(11)12-3)10-9(13-4)14-7/h5H,1-4H3. The van der Waals surface area contributed by atoms with Crippen LogP contribution in [-0.4, -0.2) is 24.3 Å². The van der Waals surface area contributed by atoms with Gasteiger partial charge in [-0.05, 0) is 12.2 Å². The molecule has 14 heavy (non-hydrogen) atoms. The summed E-state index contributed by atoms with van der Waals surface area (Å²) in [6.45, 7) is 4.09. The van der Waals surface area contributed by atoms with Crippen molar-refractivity contribution in [2.45, 2.75) is 24.1 Å². The molecular weight excluding hydrogens is 218 g/mol. The van der Waals surface area contributed by atoms with E-state index in [1.165, 1.54) is 7.11 Å². The number of rotatable bonds is 3. The largest absolute Gasteiger partial charge is 0.464 e. The Balaban J connectivity index is 3.12. The van der Waals surface area contributed by atoms with Crippen molar-refractivity contribution in [1.29, 1.82) is 0 Å². The minimum atomic E-state index is -0.342. The first-order valence-corrected chi connectivity index (χ1v) is 6.27. The zero-order valence-corrected chi connectivity index (χ0v) is 10.3. The van der Waals surface area contributed by atoms with Crippen LogP contribution in [0.3, 0.4) is 0 Å². The van der Waals surface area contributed by atoms with Crippen molar-refractivity contribution in [2.24, 2.45) is 0 Å². The molecule has 0 N–H and O–H groups in total. The molecule has 0 radical (unpaired) electrons. The number of aromatic nitrogens is 1. The van der Waals surface area contributed by atoms with Crippen LogP contribution in [0.25, 0.3) is 0 Å². The van der Waals surface area contributed by atoms with Crippen molar-refractivity contribution in [3.8, 4) is 0 Å². The van der Waals surface area contributed by atoms with Crippen molar-refractivity contribution < 1.29 is 9.53 Å². The lowest BCUT2D eigenvalue weighted by molar-refractivity contribution is 0.0593. The highest BCUT2D eigenvalue weighted by atomic mass is 32.2. The molecule has 0 saturated carbocycles. The molecular formula is C9H13NO2S2. The maximum atomic E-state index is 11.4. The van der Waals surface area contributed by atoms with Gasteiger partial charge in [-0.2, -0.15) is 0 Å². The molecule has 0 unspecified atom stereocenters. The lowest BCUT2D eigenvalue weighted by Gasteiger charge is -2.02. The summed E-state index contributed by atoms with van der Waals surface area (Å²) in [5, 5.41) is 0. The first-order chi connectivity index (χ1) is 6.60. The third-order valence-electron chi connectivity index (χ3n) is 1.71. The van der Waals surface area contributed by atoms with Gasteiger partial charge in [-0.15, -0.1) is 11.3 Å².